The second kappa shape index (κ2) is 18.0. The molecule has 0 aliphatic carbocycles. The summed E-state index contributed by atoms with van der Waals surface area (Å²) in [6.45, 7) is 9.94. The first-order valence-corrected chi connectivity index (χ1v) is 21.2. The van der Waals surface area contributed by atoms with Crippen LogP contribution in [0.1, 0.15) is 64.5 Å². The summed E-state index contributed by atoms with van der Waals surface area (Å²) in [7, 11) is -9.19. The van der Waals surface area contributed by atoms with Crippen LogP contribution in [-0.4, -0.2) is 62.5 Å². The van der Waals surface area contributed by atoms with Gasteiger partial charge in [-0.25, -0.2) is 12.6 Å². The van der Waals surface area contributed by atoms with Crippen LogP contribution in [0, 0.1) is 0 Å². The zero-order valence-electron chi connectivity index (χ0n) is 32.6. The average Bonchev–Trinajstić information content (AvgIpc) is 3.48. The van der Waals surface area contributed by atoms with E-state index in [2.05, 4.69) is 118 Å². The number of anilines is 1. The Kier molecular flexibility index (Phi) is 14.1. The number of rotatable bonds is 16. The molecule has 2 heterocycles. The zero-order chi connectivity index (χ0) is 39.4. The monoisotopic (exact) mass is 807 g/mol. The van der Waals surface area contributed by atoms with Crippen molar-refractivity contribution >= 4 is 59.4 Å². The third kappa shape index (κ3) is 9.81. The number of benzene rings is 4. The topological polar surface area (TPSA) is 136 Å². The summed E-state index contributed by atoms with van der Waals surface area (Å²) in [5.41, 5.74) is 6.33. The molecule has 0 radical (unpaired) electrons. The van der Waals surface area contributed by atoms with E-state index in [1.54, 1.807) is 0 Å². The SMILES string of the molecule is CC1(C)C(=CC=CC=CC=CC2=[N+](CCCCOS(=O)(=O)[O-])c3ccc4ccccc4c3C2(C)C)N(CCCCOS(=O)(=O)O)c2ccc3ccccc3c21.[Na+]. The van der Waals surface area contributed by atoms with Crippen molar-refractivity contribution in [3.8, 4) is 0 Å². The molecule has 2 aliphatic rings. The molecule has 0 saturated carbocycles. The molecule has 10 nitrogen and oxygen atoms in total. The molecule has 56 heavy (non-hydrogen) atoms. The molecular formula is C43H48N2NaO8S2+. The summed E-state index contributed by atoms with van der Waals surface area (Å²) in [5, 5.41) is 4.72. The van der Waals surface area contributed by atoms with Crippen LogP contribution in [0.25, 0.3) is 21.5 Å². The van der Waals surface area contributed by atoms with E-state index < -0.39 is 20.8 Å². The normalized spacial score (nSPS) is 17.2. The van der Waals surface area contributed by atoms with Crippen molar-refractivity contribution in [1.29, 1.82) is 0 Å². The standard InChI is InChI=1S/C43H48N2O8S2.Na/c1-42(2)38(44(28-14-16-30-52-54(46,47)48)36-26-24-32-18-10-12-20-34(32)40(36)42)22-8-6-5-7-9-23-39-43(3,4)41-35-21-13-11-19-33(35)25-27-37(41)45(39)29-15-17-31-53-55(49,50)51;/h5-13,18-27H,14-17,28-31H2,1-4H3,(H-,46,47,48,49,50,51);/q;+1. The van der Waals surface area contributed by atoms with Crippen molar-refractivity contribution in [2.45, 2.75) is 64.2 Å². The van der Waals surface area contributed by atoms with E-state index in [1.165, 1.54) is 32.7 Å². The molecule has 0 bridgehead atoms. The Morgan fingerprint density at radius 2 is 1.30 bits per heavy atom. The van der Waals surface area contributed by atoms with Crippen LogP contribution >= 0.6 is 0 Å². The van der Waals surface area contributed by atoms with Crippen LogP contribution in [0.15, 0.2) is 121 Å². The van der Waals surface area contributed by atoms with E-state index in [1.807, 2.05) is 42.5 Å². The van der Waals surface area contributed by atoms with Crippen molar-refractivity contribution in [3.05, 3.63) is 132 Å². The predicted molar refractivity (Wildman–Crippen MR) is 218 cm³/mol. The quantitative estimate of drug-likeness (QED) is 0.0385. The van der Waals surface area contributed by atoms with Gasteiger partial charge in [-0.15, -0.1) is 0 Å². The first-order chi connectivity index (χ1) is 26.1. The summed E-state index contributed by atoms with van der Waals surface area (Å²) < 4.78 is 75.1. The number of allylic oxidation sites excluding steroid dienone is 8. The summed E-state index contributed by atoms with van der Waals surface area (Å²) in [5.74, 6) is 0. The fourth-order valence-corrected chi connectivity index (χ4v) is 8.76. The van der Waals surface area contributed by atoms with Crippen molar-refractivity contribution in [2.75, 3.05) is 31.2 Å². The average molecular weight is 808 g/mol. The molecule has 0 aromatic heterocycles. The third-order valence-corrected chi connectivity index (χ3v) is 11.4. The van der Waals surface area contributed by atoms with Crippen LogP contribution in [0.5, 0.6) is 0 Å². The zero-order valence-corrected chi connectivity index (χ0v) is 36.3. The molecule has 0 spiro atoms. The molecule has 4 aromatic carbocycles. The van der Waals surface area contributed by atoms with Crippen LogP contribution in [0.2, 0.25) is 0 Å². The number of fused-ring (bicyclic) bond motifs is 6. The summed E-state index contributed by atoms with van der Waals surface area (Å²) >= 11 is 0. The van der Waals surface area contributed by atoms with Gasteiger partial charge in [-0.3, -0.25) is 8.74 Å². The maximum absolute atomic E-state index is 11.0. The molecule has 4 aromatic rings. The minimum absolute atomic E-state index is 0. The smallest absolute Gasteiger partial charge is 0.726 e. The Labute approximate surface area is 353 Å². The molecule has 0 fully saturated rings. The van der Waals surface area contributed by atoms with E-state index in [0.29, 0.717) is 38.8 Å². The Bertz CT molecular complexity index is 2470. The largest absolute Gasteiger partial charge is 1.00 e. The minimum atomic E-state index is -4.72. The van der Waals surface area contributed by atoms with E-state index in [4.69, 9.17) is 4.55 Å². The fourth-order valence-electron chi connectivity index (χ4n) is 8.11. The minimum Gasteiger partial charge on any atom is -0.726 e. The maximum atomic E-state index is 11.0. The molecule has 0 amide bonds. The number of nitrogens with zero attached hydrogens (tertiary/aromatic N) is 2. The van der Waals surface area contributed by atoms with Gasteiger partial charge in [-0.2, -0.15) is 13.0 Å². The van der Waals surface area contributed by atoms with Gasteiger partial charge in [0.05, 0.1) is 18.6 Å². The molecule has 290 valence electrons. The first-order valence-electron chi connectivity index (χ1n) is 18.5. The van der Waals surface area contributed by atoms with Gasteiger partial charge in [0, 0.05) is 47.5 Å². The van der Waals surface area contributed by atoms with E-state index in [-0.39, 0.29) is 53.6 Å². The van der Waals surface area contributed by atoms with E-state index in [9.17, 15) is 21.4 Å². The van der Waals surface area contributed by atoms with Crippen LogP contribution in [-0.2, 0) is 40.0 Å². The fraction of sp³-hybridized carbons (Fsp3) is 0.326. The Hall–Kier alpha value is -3.43. The van der Waals surface area contributed by atoms with Gasteiger partial charge < -0.3 is 9.45 Å². The van der Waals surface area contributed by atoms with Crippen LogP contribution < -0.4 is 34.5 Å². The Balaban J connectivity index is 0.00000600. The van der Waals surface area contributed by atoms with Crippen LogP contribution in [0.3, 0.4) is 0 Å². The van der Waals surface area contributed by atoms with Gasteiger partial charge in [0.25, 0.3) is 0 Å². The van der Waals surface area contributed by atoms with Crippen LogP contribution in [0.4, 0.5) is 11.4 Å². The molecule has 0 unspecified atom stereocenters. The molecule has 13 heteroatoms. The molecular weight excluding hydrogens is 760 g/mol. The van der Waals surface area contributed by atoms with Gasteiger partial charge in [0.15, 0.2) is 5.71 Å². The van der Waals surface area contributed by atoms with Gasteiger partial charge >= 0.3 is 40.0 Å². The predicted octanol–water partition coefficient (Wildman–Crippen LogP) is 5.58. The van der Waals surface area contributed by atoms with Gasteiger partial charge in [-0.1, -0.05) is 98.8 Å². The second-order valence-corrected chi connectivity index (χ2v) is 17.0. The van der Waals surface area contributed by atoms with Gasteiger partial charge in [0.1, 0.15) is 6.54 Å². The second-order valence-electron chi connectivity index (χ2n) is 14.9. The number of hydrogen-bond donors (Lipinski definition) is 1. The Morgan fingerprint density at radius 3 is 1.98 bits per heavy atom. The maximum Gasteiger partial charge on any atom is 1.00 e. The van der Waals surface area contributed by atoms with Crippen molar-refractivity contribution in [1.82, 2.24) is 0 Å². The molecule has 6 rings (SSSR count). The van der Waals surface area contributed by atoms with E-state index in [0.717, 1.165) is 22.8 Å². The van der Waals surface area contributed by atoms with Crippen molar-refractivity contribution in [2.24, 2.45) is 0 Å². The van der Waals surface area contributed by atoms with E-state index >= 15 is 0 Å². The number of hydrogen-bond acceptors (Lipinski definition) is 8. The molecule has 2 aliphatic heterocycles. The summed E-state index contributed by atoms with van der Waals surface area (Å²) in [6, 6.07) is 25.3. The molecule has 0 saturated heterocycles. The van der Waals surface area contributed by atoms with Gasteiger partial charge in [0.2, 0.25) is 16.1 Å². The van der Waals surface area contributed by atoms with Crippen molar-refractivity contribution < 1.29 is 68.4 Å². The third-order valence-electron chi connectivity index (χ3n) is 10.5. The molecule has 1 N–H and O–H groups in total. The molecule has 0 atom stereocenters. The number of unbranched alkanes of at least 4 members (excludes halogenated alkanes) is 2. The van der Waals surface area contributed by atoms with Crippen molar-refractivity contribution in [3.63, 3.8) is 0 Å². The van der Waals surface area contributed by atoms with Gasteiger partial charge in [-0.05, 0) is 78.4 Å². The Morgan fingerprint density at radius 1 is 0.714 bits per heavy atom. The first kappa shape index (κ1) is 43.7. The summed E-state index contributed by atoms with van der Waals surface area (Å²) in [6.07, 6.45) is 16.5. The summed E-state index contributed by atoms with van der Waals surface area (Å²) in [4.78, 5) is 2.30.